The lowest BCUT2D eigenvalue weighted by Crippen LogP contribution is -2.46. The number of aliphatic hydroxyl groups excluding tert-OH is 1. The molecular formula is C22H28O9. The standard InChI is InChI=1S/C22H28O9/c1-11(2)20(25)31-19-17-12(3)21(26)30-16(17)9-14(10-23)7-6-8-15(22(27)28-5)18(19)29-13(4)24/h8-9,11,16-19,23H,3,6-7,10H2,1-2,4-5H3/b14-9-,15-8+. The lowest BCUT2D eigenvalue weighted by Gasteiger charge is -2.33. The van der Waals surface area contributed by atoms with Crippen molar-refractivity contribution in [2.75, 3.05) is 13.7 Å². The van der Waals surface area contributed by atoms with E-state index in [4.69, 9.17) is 18.9 Å². The number of ether oxygens (including phenoxy) is 4. The Balaban J connectivity index is 2.70. The van der Waals surface area contributed by atoms with Gasteiger partial charge in [-0.25, -0.2) is 9.59 Å². The van der Waals surface area contributed by atoms with Crippen molar-refractivity contribution >= 4 is 23.9 Å². The fourth-order valence-corrected chi connectivity index (χ4v) is 3.50. The van der Waals surface area contributed by atoms with Crippen molar-refractivity contribution in [3.05, 3.63) is 35.5 Å². The highest BCUT2D eigenvalue weighted by Gasteiger charge is 2.50. The zero-order valence-corrected chi connectivity index (χ0v) is 18.1. The number of aliphatic hydroxyl groups is 1. The molecule has 0 bridgehead atoms. The Morgan fingerprint density at radius 3 is 2.52 bits per heavy atom. The molecule has 1 saturated heterocycles. The Morgan fingerprint density at radius 2 is 1.97 bits per heavy atom. The highest BCUT2D eigenvalue weighted by molar-refractivity contribution is 5.92. The zero-order chi connectivity index (χ0) is 23.3. The number of methoxy groups -OCH3 is 1. The maximum atomic E-state index is 12.6. The molecule has 2 rings (SSSR count). The zero-order valence-electron chi connectivity index (χ0n) is 18.1. The number of carbonyl (C=O) groups is 4. The van der Waals surface area contributed by atoms with Gasteiger partial charge in [0.15, 0.2) is 12.2 Å². The van der Waals surface area contributed by atoms with E-state index in [-0.39, 0.29) is 17.8 Å². The summed E-state index contributed by atoms with van der Waals surface area (Å²) in [6, 6.07) is 0. The highest BCUT2D eigenvalue weighted by Crippen LogP contribution is 2.38. The summed E-state index contributed by atoms with van der Waals surface area (Å²) >= 11 is 0. The minimum atomic E-state index is -1.35. The van der Waals surface area contributed by atoms with Crippen LogP contribution in [0.2, 0.25) is 0 Å². The number of hydrogen-bond acceptors (Lipinski definition) is 9. The van der Waals surface area contributed by atoms with Gasteiger partial charge in [0.2, 0.25) is 0 Å². The van der Waals surface area contributed by atoms with Gasteiger partial charge in [-0.15, -0.1) is 0 Å². The Hall–Kier alpha value is -2.94. The number of fused-ring (bicyclic) bond motifs is 1. The van der Waals surface area contributed by atoms with Gasteiger partial charge in [-0.3, -0.25) is 9.59 Å². The lowest BCUT2D eigenvalue weighted by atomic mass is 9.83. The third-order valence-corrected chi connectivity index (χ3v) is 5.09. The molecule has 0 saturated carbocycles. The molecule has 4 unspecified atom stereocenters. The Kier molecular flexibility index (Phi) is 8.15. The van der Waals surface area contributed by atoms with Crippen LogP contribution < -0.4 is 0 Å². The molecule has 4 atom stereocenters. The van der Waals surface area contributed by atoms with E-state index < -0.39 is 54.0 Å². The molecule has 9 nitrogen and oxygen atoms in total. The topological polar surface area (TPSA) is 125 Å². The number of carbonyl (C=O) groups excluding carboxylic acids is 4. The van der Waals surface area contributed by atoms with Gasteiger partial charge in [-0.1, -0.05) is 26.5 Å². The molecule has 0 aromatic rings. The average molecular weight is 436 g/mol. The van der Waals surface area contributed by atoms with Crippen LogP contribution in [0.15, 0.2) is 35.5 Å². The first kappa shape index (κ1) is 24.3. The van der Waals surface area contributed by atoms with Crippen molar-refractivity contribution in [1.82, 2.24) is 0 Å². The molecule has 0 aromatic heterocycles. The molecule has 1 fully saturated rings. The van der Waals surface area contributed by atoms with Crippen LogP contribution in [0, 0.1) is 11.8 Å². The van der Waals surface area contributed by atoms with E-state index in [1.807, 2.05) is 0 Å². The van der Waals surface area contributed by atoms with Crippen molar-refractivity contribution in [3.63, 3.8) is 0 Å². The van der Waals surface area contributed by atoms with Crippen molar-refractivity contribution in [1.29, 1.82) is 0 Å². The maximum Gasteiger partial charge on any atom is 0.337 e. The molecule has 1 N–H and O–H groups in total. The molecule has 9 heteroatoms. The number of allylic oxidation sites excluding steroid dienone is 1. The molecule has 31 heavy (non-hydrogen) atoms. The van der Waals surface area contributed by atoms with Crippen LogP contribution in [-0.2, 0) is 38.1 Å². The summed E-state index contributed by atoms with van der Waals surface area (Å²) < 4.78 is 21.4. The third-order valence-electron chi connectivity index (χ3n) is 5.09. The maximum absolute atomic E-state index is 12.6. The lowest BCUT2D eigenvalue weighted by molar-refractivity contribution is -0.172. The number of rotatable bonds is 5. The quantitative estimate of drug-likeness (QED) is 0.294. The SMILES string of the molecule is C=C1C(=O)OC2/C=C(\CO)CC/C=C(/C(=O)OC)C(OC(C)=O)C(OC(=O)C(C)C)C12. The minimum absolute atomic E-state index is 0.00189. The van der Waals surface area contributed by atoms with Crippen LogP contribution in [-0.4, -0.2) is 61.0 Å². The molecule has 170 valence electrons. The Morgan fingerprint density at radius 1 is 1.29 bits per heavy atom. The second-order valence-electron chi connectivity index (χ2n) is 7.68. The first-order chi connectivity index (χ1) is 14.6. The van der Waals surface area contributed by atoms with Crippen LogP contribution in [0.5, 0.6) is 0 Å². The molecule has 1 aliphatic carbocycles. The summed E-state index contributed by atoms with van der Waals surface area (Å²) in [4.78, 5) is 49.3. The normalized spacial score (nSPS) is 29.6. The fraction of sp³-hybridized carbons (Fsp3) is 0.545. The van der Waals surface area contributed by atoms with E-state index in [0.717, 1.165) is 6.92 Å². The van der Waals surface area contributed by atoms with Gasteiger partial charge in [-0.05, 0) is 24.5 Å². The Labute approximate surface area is 180 Å². The van der Waals surface area contributed by atoms with Gasteiger partial charge in [0.25, 0.3) is 0 Å². The molecule has 0 amide bonds. The second kappa shape index (κ2) is 10.4. The second-order valence-corrected chi connectivity index (χ2v) is 7.68. The van der Waals surface area contributed by atoms with Crippen molar-refractivity contribution < 1.29 is 43.2 Å². The summed E-state index contributed by atoms with van der Waals surface area (Å²) in [6.07, 6.45) is 0.178. The van der Waals surface area contributed by atoms with E-state index in [1.165, 1.54) is 13.2 Å². The summed E-state index contributed by atoms with van der Waals surface area (Å²) in [5.74, 6) is -4.32. The van der Waals surface area contributed by atoms with E-state index >= 15 is 0 Å². The summed E-state index contributed by atoms with van der Waals surface area (Å²) in [5, 5.41) is 9.70. The average Bonchev–Trinajstić information content (AvgIpc) is 2.99. The molecule has 1 heterocycles. The largest absolute Gasteiger partial charge is 0.466 e. The minimum Gasteiger partial charge on any atom is -0.466 e. The van der Waals surface area contributed by atoms with Gasteiger partial charge in [0.1, 0.15) is 6.10 Å². The van der Waals surface area contributed by atoms with Crippen LogP contribution in [0.4, 0.5) is 0 Å². The molecule has 1 aliphatic heterocycles. The number of esters is 4. The van der Waals surface area contributed by atoms with Crippen molar-refractivity contribution in [3.8, 4) is 0 Å². The van der Waals surface area contributed by atoms with Crippen LogP contribution >= 0.6 is 0 Å². The van der Waals surface area contributed by atoms with Crippen molar-refractivity contribution in [2.24, 2.45) is 11.8 Å². The van der Waals surface area contributed by atoms with E-state index in [9.17, 15) is 24.3 Å². The molecular weight excluding hydrogens is 408 g/mol. The molecule has 2 aliphatic rings. The van der Waals surface area contributed by atoms with Gasteiger partial charge in [0, 0.05) is 12.5 Å². The Bertz CT molecular complexity index is 821. The first-order valence-corrected chi connectivity index (χ1v) is 9.96. The predicted molar refractivity (Wildman–Crippen MR) is 107 cm³/mol. The van der Waals surface area contributed by atoms with Gasteiger partial charge < -0.3 is 24.1 Å². The first-order valence-electron chi connectivity index (χ1n) is 9.96. The third kappa shape index (κ3) is 5.61. The van der Waals surface area contributed by atoms with Crippen LogP contribution in [0.1, 0.15) is 33.6 Å². The van der Waals surface area contributed by atoms with Gasteiger partial charge >= 0.3 is 23.9 Å². The fourth-order valence-electron chi connectivity index (χ4n) is 3.50. The molecule has 0 radical (unpaired) electrons. The summed E-state index contributed by atoms with van der Waals surface area (Å²) in [7, 11) is 1.17. The molecule has 0 aromatic carbocycles. The van der Waals surface area contributed by atoms with E-state index in [2.05, 4.69) is 6.58 Å². The van der Waals surface area contributed by atoms with Gasteiger partial charge in [0.05, 0.1) is 31.1 Å². The molecule has 0 spiro atoms. The monoisotopic (exact) mass is 436 g/mol. The van der Waals surface area contributed by atoms with Crippen molar-refractivity contribution in [2.45, 2.75) is 51.9 Å². The summed E-state index contributed by atoms with van der Waals surface area (Å²) in [6.45, 7) is 7.87. The van der Waals surface area contributed by atoms with Gasteiger partial charge in [-0.2, -0.15) is 0 Å². The highest BCUT2D eigenvalue weighted by atomic mass is 16.6. The van der Waals surface area contributed by atoms with E-state index in [0.29, 0.717) is 18.4 Å². The summed E-state index contributed by atoms with van der Waals surface area (Å²) in [5.41, 5.74) is 0.532. The van der Waals surface area contributed by atoms with Crippen LogP contribution in [0.25, 0.3) is 0 Å². The number of hydrogen-bond donors (Lipinski definition) is 1. The van der Waals surface area contributed by atoms with E-state index in [1.54, 1.807) is 19.9 Å². The smallest absolute Gasteiger partial charge is 0.337 e. The predicted octanol–water partition coefficient (Wildman–Crippen LogP) is 1.40. The van der Waals surface area contributed by atoms with Crippen LogP contribution in [0.3, 0.4) is 0 Å².